The molecule has 0 saturated heterocycles. The van der Waals surface area contributed by atoms with E-state index in [9.17, 15) is 5.11 Å². The second-order valence-electron chi connectivity index (χ2n) is 8.62. The molecule has 0 saturated carbocycles. The third-order valence-corrected chi connectivity index (χ3v) is 6.47. The predicted octanol–water partition coefficient (Wildman–Crippen LogP) is 5.23. The Morgan fingerprint density at radius 2 is 1.69 bits per heavy atom. The Kier molecular flexibility index (Phi) is 9.08. The van der Waals surface area contributed by atoms with Gasteiger partial charge >= 0.3 is 0 Å². The number of hydrogen-bond donors (Lipinski definition) is 1. The lowest BCUT2D eigenvalue weighted by Gasteiger charge is -2.36. The van der Waals surface area contributed by atoms with E-state index in [1.807, 2.05) is 42.9 Å². The zero-order valence-corrected chi connectivity index (χ0v) is 20.9. The predicted molar refractivity (Wildman–Crippen MR) is 143 cm³/mol. The lowest BCUT2D eigenvalue weighted by Crippen LogP contribution is -2.42. The van der Waals surface area contributed by atoms with Gasteiger partial charge in [0.25, 0.3) is 0 Å². The molecule has 1 N–H and O–H groups in total. The SMILES string of the molecule is Cl.Cl.N#Cc1ccc(Cn2cncc2CN2Cc3cc(-c4ccccc4)ccc3C[C@H]2CO)cc1. The van der Waals surface area contributed by atoms with Gasteiger partial charge in [0.1, 0.15) is 0 Å². The first-order valence-corrected chi connectivity index (χ1v) is 11.2. The Hall–Kier alpha value is -3.14. The smallest absolute Gasteiger partial charge is 0.0991 e. The summed E-state index contributed by atoms with van der Waals surface area (Å²) in [5, 5.41) is 19.1. The molecule has 7 heteroatoms. The minimum absolute atomic E-state index is 0. The number of nitriles is 1. The van der Waals surface area contributed by atoms with Crippen molar-refractivity contribution in [1.29, 1.82) is 5.26 Å². The normalized spacial score (nSPS) is 14.8. The van der Waals surface area contributed by atoms with Crippen LogP contribution in [0, 0.1) is 11.3 Å². The van der Waals surface area contributed by atoms with E-state index in [0.717, 1.165) is 30.8 Å². The van der Waals surface area contributed by atoms with Crippen LogP contribution < -0.4 is 0 Å². The number of halogens is 2. The van der Waals surface area contributed by atoms with E-state index in [-0.39, 0.29) is 37.5 Å². The van der Waals surface area contributed by atoms with E-state index < -0.39 is 0 Å². The van der Waals surface area contributed by atoms with E-state index in [4.69, 9.17) is 5.26 Å². The summed E-state index contributed by atoms with van der Waals surface area (Å²) in [6.45, 7) is 2.34. The monoisotopic (exact) mass is 506 g/mol. The van der Waals surface area contributed by atoms with Crippen LogP contribution in [0.15, 0.2) is 85.3 Å². The van der Waals surface area contributed by atoms with Gasteiger partial charge in [0.2, 0.25) is 0 Å². The third kappa shape index (κ3) is 5.93. The summed E-state index contributed by atoms with van der Waals surface area (Å²) in [6.07, 6.45) is 4.60. The molecule has 1 aliphatic rings. The first kappa shape index (κ1) is 26.5. The van der Waals surface area contributed by atoms with Crippen LogP contribution in [0.3, 0.4) is 0 Å². The van der Waals surface area contributed by atoms with Crippen LogP contribution in [-0.2, 0) is 26.1 Å². The van der Waals surface area contributed by atoms with Gasteiger partial charge in [0, 0.05) is 31.9 Å². The average molecular weight is 507 g/mol. The van der Waals surface area contributed by atoms with Gasteiger partial charge in [-0.3, -0.25) is 4.90 Å². The molecule has 0 spiro atoms. The highest BCUT2D eigenvalue weighted by molar-refractivity contribution is 5.85. The van der Waals surface area contributed by atoms with Crippen molar-refractivity contribution in [1.82, 2.24) is 14.5 Å². The zero-order valence-electron chi connectivity index (χ0n) is 19.2. The molecule has 35 heavy (non-hydrogen) atoms. The summed E-state index contributed by atoms with van der Waals surface area (Å²) in [5.41, 5.74) is 7.98. The van der Waals surface area contributed by atoms with E-state index in [0.29, 0.717) is 12.1 Å². The van der Waals surface area contributed by atoms with E-state index in [1.165, 1.54) is 22.3 Å². The highest BCUT2D eigenvalue weighted by Gasteiger charge is 2.26. The summed E-state index contributed by atoms with van der Waals surface area (Å²) < 4.78 is 2.14. The maximum Gasteiger partial charge on any atom is 0.0991 e. The first-order valence-electron chi connectivity index (χ1n) is 11.2. The van der Waals surface area contributed by atoms with Gasteiger partial charge in [0.15, 0.2) is 0 Å². The quantitative estimate of drug-likeness (QED) is 0.388. The van der Waals surface area contributed by atoms with Gasteiger partial charge in [0.05, 0.1) is 30.3 Å². The number of imidazole rings is 1. The van der Waals surface area contributed by atoms with Crippen LogP contribution in [0.25, 0.3) is 11.1 Å². The van der Waals surface area contributed by atoms with Crippen molar-refractivity contribution in [2.45, 2.75) is 32.1 Å². The number of hydrogen-bond acceptors (Lipinski definition) is 4. The molecule has 0 aliphatic carbocycles. The summed E-state index contributed by atoms with van der Waals surface area (Å²) >= 11 is 0. The fourth-order valence-electron chi connectivity index (χ4n) is 4.59. The summed E-state index contributed by atoms with van der Waals surface area (Å²) in [4.78, 5) is 6.74. The van der Waals surface area contributed by atoms with Crippen LogP contribution in [0.5, 0.6) is 0 Å². The standard InChI is InChI=1S/C28H26N4O.2ClH/c29-14-21-6-8-22(9-7-21)16-32-20-30-15-28(32)18-31-17-26-12-24(23-4-2-1-3-5-23)10-11-25(26)13-27(31)19-33;;/h1-12,15,20,27,33H,13,16-19H2;2*1H/t27-;;/m0../s1. The molecule has 5 nitrogen and oxygen atoms in total. The molecule has 1 atom stereocenters. The van der Waals surface area contributed by atoms with Crippen molar-refractivity contribution in [2.24, 2.45) is 0 Å². The number of aromatic nitrogens is 2. The topological polar surface area (TPSA) is 65.1 Å². The average Bonchev–Trinajstić information content (AvgIpc) is 3.30. The van der Waals surface area contributed by atoms with Gasteiger partial charge in [-0.15, -0.1) is 24.8 Å². The lowest BCUT2D eigenvalue weighted by atomic mass is 9.91. The van der Waals surface area contributed by atoms with Gasteiger partial charge in [-0.1, -0.05) is 54.6 Å². The Morgan fingerprint density at radius 3 is 2.40 bits per heavy atom. The number of benzene rings is 3. The van der Waals surface area contributed by atoms with Gasteiger partial charge < -0.3 is 9.67 Å². The third-order valence-electron chi connectivity index (χ3n) is 6.47. The van der Waals surface area contributed by atoms with Crippen molar-refractivity contribution in [3.8, 4) is 17.2 Å². The second-order valence-corrected chi connectivity index (χ2v) is 8.62. The number of nitrogens with zero attached hydrogens (tertiary/aromatic N) is 4. The molecular formula is C28H28Cl2N4O. The van der Waals surface area contributed by atoms with Crippen molar-refractivity contribution >= 4 is 24.8 Å². The molecule has 0 fully saturated rings. The van der Waals surface area contributed by atoms with E-state index in [1.54, 1.807) is 0 Å². The van der Waals surface area contributed by atoms with E-state index in [2.05, 4.69) is 63.0 Å². The van der Waals surface area contributed by atoms with Crippen molar-refractivity contribution in [3.05, 3.63) is 113 Å². The van der Waals surface area contributed by atoms with Crippen LogP contribution in [-0.4, -0.2) is 32.2 Å². The van der Waals surface area contributed by atoms with Crippen LogP contribution >= 0.6 is 24.8 Å². The van der Waals surface area contributed by atoms with Crippen molar-refractivity contribution in [3.63, 3.8) is 0 Å². The molecule has 3 aromatic carbocycles. The summed E-state index contributed by atoms with van der Waals surface area (Å²) in [5.74, 6) is 0. The van der Waals surface area contributed by atoms with Crippen molar-refractivity contribution in [2.75, 3.05) is 6.61 Å². The minimum Gasteiger partial charge on any atom is -0.395 e. The Bertz CT molecular complexity index is 1280. The molecule has 1 aliphatic heterocycles. The second kappa shape index (κ2) is 12.0. The molecule has 0 amide bonds. The highest BCUT2D eigenvalue weighted by Crippen LogP contribution is 2.29. The van der Waals surface area contributed by atoms with Gasteiger partial charge in [-0.25, -0.2) is 4.98 Å². The molecule has 0 unspecified atom stereocenters. The molecule has 0 radical (unpaired) electrons. The fourth-order valence-corrected chi connectivity index (χ4v) is 4.59. The number of rotatable bonds is 6. The number of aliphatic hydroxyl groups excluding tert-OH is 1. The number of fused-ring (bicyclic) bond motifs is 1. The van der Waals surface area contributed by atoms with Crippen LogP contribution in [0.2, 0.25) is 0 Å². The zero-order chi connectivity index (χ0) is 22.6. The maximum absolute atomic E-state index is 10.1. The van der Waals surface area contributed by atoms with Gasteiger partial charge in [-0.2, -0.15) is 5.26 Å². The Balaban J connectivity index is 0.00000171. The van der Waals surface area contributed by atoms with Crippen LogP contribution in [0.1, 0.15) is 27.9 Å². The Morgan fingerprint density at radius 1 is 0.914 bits per heavy atom. The lowest BCUT2D eigenvalue weighted by molar-refractivity contribution is 0.0975. The molecular weight excluding hydrogens is 479 g/mol. The highest BCUT2D eigenvalue weighted by atomic mass is 35.5. The summed E-state index contributed by atoms with van der Waals surface area (Å²) in [7, 11) is 0. The summed E-state index contributed by atoms with van der Waals surface area (Å²) in [6, 6.07) is 27.1. The molecule has 180 valence electrons. The largest absolute Gasteiger partial charge is 0.395 e. The fraction of sp³-hybridized carbons (Fsp3) is 0.214. The van der Waals surface area contributed by atoms with Crippen LogP contribution in [0.4, 0.5) is 0 Å². The van der Waals surface area contributed by atoms with E-state index >= 15 is 0 Å². The Labute approximate surface area is 218 Å². The minimum atomic E-state index is 0. The van der Waals surface area contributed by atoms with Gasteiger partial charge in [-0.05, 0) is 52.4 Å². The first-order chi connectivity index (χ1) is 16.2. The number of aliphatic hydroxyl groups is 1. The molecule has 2 heterocycles. The molecule has 5 rings (SSSR count). The molecule has 4 aromatic rings. The molecule has 1 aromatic heterocycles. The van der Waals surface area contributed by atoms with Crippen molar-refractivity contribution < 1.29 is 5.11 Å². The maximum atomic E-state index is 10.1. The molecule has 0 bridgehead atoms.